The van der Waals surface area contributed by atoms with Gasteiger partial charge in [0, 0.05) is 40.3 Å². The van der Waals surface area contributed by atoms with Crippen LogP contribution >= 0.6 is 11.6 Å². The number of carbonyl (C=O) groups is 1. The molecule has 0 saturated heterocycles. The van der Waals surface area contributed by atoms with Crippen LogP contribution in [0.4, 0.5) is 4.39 Å². The molecule has 1 amide bonds. The number of aromatic nitrogens is 1. The van der Waals surface area contributed by atoms with Crippen molar-refractivity contribution in [1.82, 2.24) is 9.88 Å². The number of rotatable bonds is 5. The normalized spacial score (nSPS) is 11.1. The Morgan fingerprint density at radius 2 is 1.77 bits per heavy atom. The van der Waals surface area contributed by atoms with Crippen LogP contribution in [0.1, 0.15) is 32.7 Å². The number of nitrogens with zero attached hydrogens (tertiary/aromatic N) is 1. The van der Waals surface area contributed by atoms with E-state index in [-0.39, 0.29) is 11.7 Å². The van der Waals surface area contributed by atoms with Gasteiger partial charge < -0.3 is 9.88 Å². The molecule has 1 heterocycles. The van der Waals surface area contributed by atoms with Gasteiger partial charge in [-0.15, -0.1) is 0 Å². The molecule has 4 rings (SSSR count). The van der Waals surface area contributed by atoms with Crippen LogP contribution in [-0.2, 0) is 13.1 Å². The summed E-state index contributed by atoms with van der Waals surface area (Å²) in [6.45, 7) is 5.15. The van der Waals surface area contributed by atoms with Crippen LogP contribution in [0.5, 0.6) is 0 Å². The number of amides is 1. The maximum absolute atomic E-state index is 13.2. The van der Waals surface area contributed by atoms with Crippen molar-refractivity contribution >= 4 is 28.4 Å². The van der Waals surface area contributed by atoms with Gasteiger partial charge >= 0.3 is 0 Å². The third-order valence-corrected chi connectivity index (χ3v) is 5.92. The predicted molar refractivity (Wildman–Crippen MR) is 120 cm³/mol. The Labute approximate surface area is 180 Å². The topological polar surface area (TPSA) is 34.0 Å². The lowest BCUT2D eigenvalue weighted by atomic mass is 10.1. The Balaban J connectivity index is 1.59. The molecule has 152 valence electrons. The Morgan fingerprint density at radius 3 is 2.50 bits per heavy atom. The Hall–Kier alpha value is -3.11. The smallest absolute Gasteiger partial charge is 0.251 e. The van der Waals surface area contributed by atoms with Gasteiger partial charge in [-0.1, -0.05) is 41.9 Å². The summed E-state index contributed by atoms with van der Waals surface area (Å²) >= 11 is 6.17. The molecule has 0 bridgehead atoms. The van der Waals surface area contributed by atoms with Crippen molar-refractivity contribution in [3.8, 4) is 0 Å². The van der Waals surface area contributed by atoms with Crippen molar-refractivity contribution in [1.29, 1.82) is 0 Å². The molecule has 1 aromatic heterocycles. The maximum Gasteiger partial charge on any atom is 0.251 e. The fraction of sp³-hybridized carbons (Fsp3) is 0.160. The van der Waals surface area contributed by atoms with Crippen molar-refractivity contribution < 1.29 is 9.18 Å². The summed E-state index contributed by atoms with van der Waals surface area (Å²) in [5, 5.41) is 4.62. The van der Waals surface area contributed by atoms with Crippen LogP contribution in [0.25, 0.3) is 10.9 Å². The van der Waals surface area contributed by atoms with Crippen molar-refractivity contribution in [2.45, 2.75) is 26.9 Å². The highest BCUT2D eigenvalue weighted by Gasteiger charge is 2.14. The number of benzene rings is 3. The highest BCUT2D eigenvalue weighted by Crippen LogP contribution is 2.27. The molecule has 3 nitrogen and oxygen atoms in total. The largest absolute Gasteiger partial charge is 0.348 e. The number of carbonyl (C=O) groups excluding carboxylic acids is 1. The first-order chi connectivity index (χ1) is 14.4. The highest BCUT2D eigenvalue weighted by atomic mass is 35.5. The van der Waals surface area contributed by atoms with Gasteiger partial charge in [-0.3, -0.25) is 4.79 Å². The standard InChI is InChI=1S/C25H22ClFN2O/c1-16-17(2)29(15-18-7-10-21(27)11-8-18)24-12-9-19(13-22(16)24)25(30)28-14-20-5-3-4-6-23(20)26/h3-13H,14-15H2,1-2H3,(H,28,30). The van der Waals surface area contributed by atoms with E-state index >= 15 is 0 Å². The van der Waals surface area contributed by atoms with Crippen molar-refractivity contribution in [2.24, 2.45) is 0 Å². The van der Waals surface area contributed by atoms with Crippen LogP contribution < -0.4 is 5.32 Å². The molecule has 0 saturated carbocycles. The molecule has 1 N–H and O–H groups in total. The van der Waals surface area contributed by atoms with E-state index in [9.17, 15) is 9.18 Å². The molecule has 0 radical (unpaired) electrons. The number of fused-ring (bicyclic) bond motifs is 1. The molecule has 0 unspecified atom stereocenters. The average molecular weight is 421 g/mol. The molecule has 30 heavy (non-hydrogen) atoms. The molecule has 0 atom stereocenters. The van der Waals surface area contributed by atoms with E-state index in [2.05, 4.69) is 23.7 Å². The van der Waals surface area contributed by atoms with Crippen molar-refractivity contribution in [3.05, 3.63) is 106 Å². The third-order valence-electron chi connectivity index (χ3n) is 5.55. The van der Waals surface area contributed by atoms with Gasteiger partial charge in [-0.25, -0.2) is 4.39 Å². The first-order valence-corrected chi connectivity index (χ1v) is 10.2. The minimum atomic E-state index is -0.239. The quantitative estimate of drug-likeness (QED) is 0.420. The Kier molecular flexibility index (Phi) is 5.60. The molecular weight excluding hydrogens is 399 g/mol. The van der Waals surface area contributed by atoms with E-state index in [1.165, 1.54) is 12.1 Å². The van der Waals surface area contributed by atoms with Crippen molar-refractivity contribution in [3.63, 3.8) is 0 Å². The Morgan fingerprint density at radius 1 is 1.03 bits per heavy atom. The van der Waals surface area contributed by atoms with Gasteiger partial charge in [0.25, 0.3) is 5.91 Å². The first kappa shape index (κ1) is 20.2. The van der Waals surface area contributed by atoms with Gasteiger partial charge in [0.1, 0.15) is 5.82 Å². The summed E-state index contributed by atoms with van der Waals surface area (Å²) < 4.78 is 15.4. The monoisotopic (exact) mass is 420 g/mol. The van der Waals surface area contributed by atoms with Gasteiger partial charge in [0.15, 0.2) is 0 Å². The van der Waals surface area contributed by atoms with Crippen LogP contribution in [0, 0.1) is 19.7 Å². The lowest BCUT2D eigenvalue weighted by Crippen LogP contribution is -2.22. The summed E-state index contributed by atoms with van der Waals surface area (Å²) in [6, 6.07) is 19.8. The van der Waals surface area contributed by atoms with E-state index < -0.39 is 0 Å². The maximum atomic E-state index is 13.2. The van der Waals surface area contributed by atoms with E-state index in [4.69, 9.17) is 11.6 Å². The molecule has 4 aromatic rings. The van der Waals surface area contributed by atoms with E-state index in [1.807, 2.05) is 42.5 Å². The highest BCUT2D eigenvalue weighted by molar-refractivity contribution is 6.31. The molecule has 3 aromatic carbocycles. The number of hydrogen-bond acceptors (Lipinski definition) is 1. The average Bonchev–Trinajstić information content (AvgIpc) is 2.99. The lowest BCUT2D eigenvalue weighted by Gasteiger charge is -2.10. The summed E-state index contributed by atoms with van der Waals surface area (Å²) in [6.07, 6.45) is 0. The minimum Gasteiger partial charge on any atom is -0.348 e. The zero-order valence-corrected chi connectivity index (χ0v) is 17.6. The molecule has 0 spiro atoms. The van der Waals surface area contributed by atoms with Gasteiger partial charge in [0.2, 0.25) is 0 Å². The van der Waals surface area contributed by atoms with E-state index in [0.717, 1.165) is 33.3 Å². The number of aryl methyl sites for hydroxylation is 1. The van der Waals surface area contributed by atoms with E-state index in [1.54, 1.807) is 12.1 Å². The second-order valence-corrected chi connectivity index (χ2v) is 7.84. The van der Waals surface area contributed by atoms with E-state index in [0.29, 0.717) is 23.7 Å². The first-order valence-electron chi connectivity index (χ1n) is 9.79. The summed E-state index contributed by atoms with van der Waals surface area (Å²) in [4.78, 5) is 12.7. The number of halogens is 2. The molecule has 0 aliphatic rings. The summed E-state index contributed by atoms with van der Waals surface area (Å²) in [5.74, 6) is -0.378. The SMILES string of the molecule is Cc1c(C)n(Cc2ccc(F)cc2)c2ccc(C(=O)NCc3ccccc3Cl)cc12. The second-order valence-electron chi connectivity index (χ2n) is 7.43. The van der Waals surface area contributed by atoms with Gasteiger partial charge in [0.05, 0.1) is 0 Å². The number of nitrogens with one attached hydrogen (secondary N) is 1. The molecular formula is C25H22ClFN2O. The Bertz CT molecular complexity index is 1230. The zero-order valence-electron chi connectivity index (χ0n) is 16.9. The fourth-order valence-electron chi connectivity index (χ4n) is 3.69. The minimum absolute atomic E-state index is 0.139. The summed E-state index contributed by atoms with van der Waals surface area (Å²) in [5.41, 5.74) is 5.83. The zero-order chi connectivity index (χ0) is 21.3. The third kappa shape index (κ3) is 3.96. The number of hydrogen-bond donors (Lipinski definition) is 1. The van der Waals surface area contributed by atoms with Crippen LogP contribution in [0.3, 0.4) is 0 Å². The second kappa shape index (κ2) is 8.33. The molecule has 0 aliphatic carbocycles. The lowest BCUT2D eigenvalue weighted by molar-refractivity contribution is 0.0951. The fourth-order valence-corrected chi connectivity index (χ4v) is 3.89. The summed E-state index contributed by atoms with van der Waals surface area (Å²) in [7, 11) is 0. The molecule has 0 fully saturated rings. The predicted octanol–water partition coefficient (Wildman–Crippen LogP) is 6.03. The van der Waals surface area contributed by atoms with Crippen LogP contribution in [0.2, 0.25) is 5.02 Å². The van der Waals surface area contributed by atoms with Gasteiger partial charge in [-0.2, -0.15) is 0 Å². The van der Waals surface area contributed by atoms with Crippen LogP contribution in [-0.4, -0.2) is 10.5 Å². The van der Waals surface area contributed by atoms with Gasteiger partial charge in [-0.05, 0) is 66.9 Å². The molecule has 0 aliphatic heterocycles. The molecule has 5 heteroatoms. The van der Waals surface area contributed by atoms with Crippen LogP contribution in [0.15, 0.2) is 66.7 Å². The van der Waals surface area contributed by atoms with Crippen molar-refractivity contribution in [2.75, 3.05) is 0 Å².